The van der Waals surface area contributed by atoms with Crippen LogP contribution < -0.4 is 0 Å². The quantitative estimate of drug-likeness (QED) is 0.870. The van der Waals surface area contributed by atoms with Crippen LogP contribution in [0.4, 0.5) is 0 Å². The highest BCUT2D eigenvalue weighted by molar-refractivity contribution is 5.37. The lowest BCUT2D eigenvalue weighted by molar-refractivity contribution is 0.0774. The zero-order chi connectivity index (χ0) is 17.2. The molecule has 2 aromatic carbocycles. The number of aliphatic hydroxyl groups is 1. The van der Waals surface area contributed by atoms with Crippen LogP contribution in [0.25, 0.3) is 0 Å². The number of fused-ring (bicyclic) bond motifs is 1. The molecule has 1 heterocycles. The average molecular weight is 337 g/mol. The van der Waals surface area contributed by atoms with Crippen molar-refractivity contribution in [3.63, 3.8) is 0 Å². The minimum absolute atomic E-state index is 0.294. The standard InChI is InChI=1S/C22H27NO2/c24-20-10-11-21-18(14-20)12-13-23(15-22(21)25)19-8-6-17(7-9-19)16-4-2-1-3-5-16/h1-5,10-11,14,17,19,22,24-25H,6-9,12-13,15H2/t17-,19+,22?. The fraction of sp³-hybridized carbons (Fsp3) is 0.455. The highest BCUT2D eigenvalue weighted by atomic mass is 16.3. The van der Waals surface area contributed by atoms with Gasteiger partial charge in [-0.3, -0.25) is 4.90 Å². The number of nitrogens with zero attached hydrogens (tertiary/aromatic N) is 1. The summed E-state index contributed by atoms with van der Waals surface area (Å²) >= 11 is 0. The maximum atomic E-state index is 10.6. The largest absolute Gasteiger partial charge is 0.508 e. The molecule has 132 valence electrons. The van der Waals surface area contributed by atoms with Crippen LogP contribution in [0.15, 0.2) is 48.5 Å². The monoisotopic (exact) mass is 337 g/mol. The van der Waals surface area contributed by atoms with Crippen molar-refractivity contribution in [1.29, 1.82) is 0 Å². The van der Waals surface area contributed by atoms with Gasteiger partial charge in [0.15, 0.2) is 0 Å². The van der Waals surface area contributed by atoms with Crippen molar-refractivity contribution >= 4 is 0 Å². The Balaban J connectivity index is 1.41. The Morgan fingerprint density at radius 3 is 2.44 bits per heavy atom. The van der Waals surface area contributed by atoms with Gasteiger partial charge in [0.1, 0.15) is 5.75 Å². The van der Waals surface area contributed by atoms with Gasteiger partial charge in [-0.2, -0.15) is 0 Å². The van der Waals surface area contributed by atoms with E-state index in [9.17, 15) is 10.2 Å². The molecule has 1 aliphatic carbocycles. The van der Waals surface area contributed by atoms with Gasteiger partial charge >= 0.3 is 0 Å². The lowest BCUT2D eigenvalue weighted by atomic mass is 9.81. The van der Waals surface area contributed by atoms with E-state index in [2.05, 4.69) is 35.2 Å². The molecule has 0 aromatic heterocycles. The first-order chi connectivity index (χ1) is 12.2. The Kier molecular flexibility index (Phi) is 4.78. The lowest BCUT2D eigenvalue weighted by Gasteiger charge is -2.37. The fourth-order valence-electron chi connectivity index (χ4n) is 4.64. The van der Waals surface area contributed by atoms with Crippen LogP contribution in [-0.4, -0.2) is 34.2 Å². The van der Waals surface area contributed by atoms with E-state index in [1.807, 2.05) is 12.1 Å². The predicted molar refractivity (Wildman–Crippen MR) is 99.8 cm³/mol. The van der Waals surface area contributed by atoms with E-state index in [0.717, 1.165) is 24.1 Å². The maximum Gasteiger partial charge on any atom is 0.115 e. The molecule has 1 aliphatic heterocycles. The number of aromatic hydroxyl groups is 1. The third-order valence-electron chi connectivity index (χ3n) is 6.05. The van der Waals surface area contributed by atoms with E-state index in [0.29, 0.717) is 24.3 Å². The molecule has 2 aliphatic rings. The van der Waals surface area contributed by atoms with Gasteiger partial charge in [0, 0.05) is 19.1 Å². The number of hydrogen-bond acceptors (Lipinski definition) is 3. The second-order valence-corrected chi connectivity index (χ2v) is 7.56. The van der Waals surface area contributed by atoms with Crippen LogP contribution in [0.3, 0.4) is 0 Å². The highest BCUT2D eigenvalue weighted by Gasteiger charge is 2.30. The van der Waals surface area contributed by atoms with E-state index in [-0.39, 0.29) is 0 Å². The number of benzene rings is 2. The molecule has 0 bridgehead atoms. The molecular formula is C22H27NO2. The second kappa shape index (κ2) is 7.19. The molecule has 0 radical (unpaired) electrons. The van der Waals surface area contributed by atoms with Crippen molar-refractivity contribution in [1.82, 2.24) is 4.90 Å². The Labute approximate surface area is 149 Å². The third kappa shape index (κ3) is 3.58. The van der Waals surface area contributed by atoms with Gasteiger partial charge in [-0.05, 0) is 66.8 Å². The van der Waals surface area contributed by atoms with Crippen molar-refractivity contribution in [2.45, 2.75) is 50.2 Å². The second-order valence-electron chi connectivity index (χ2n) is 7.56. The van der Waals surface area contributed by atoms with Crippen LogP contribution in [0.1, 0.15) is 54.4 Å². The van der Waals surface area contributed by atoms with Crippen LogP contribution in [0.5, 0.6) is 5.75 Å². The van der Waals surface area contributed by atoms with E-state index < -0.39 is 6.10 Å². The molecule has 25 heavy (non-hydrogen) atoms. The number of phenolic OH excluding ortho intramolecular Hbond substituents is 1. The summed E-state index contributed by atoms with van der Waals surface area (Å²) in [5.41, 5.74) is 3.55. The Morgan fingerprint density at radius 1 is 0.920 bits per heavy atom. The summed E-state index contributed by atoms with van der Waals surface area (Å²) in [5, 5.41) is 20.4. The van der Waals surface area contributed by atoms with Crippen molar-refractivity contribution in [2.24, 2.45) is 0 Å². The summed E-state index contributed by atoms with van der Waals surface area (Å²) < 4.78 is 0. The molecule has 3 nitrogen and oxygen atoms in total. The van der Waals surface area contributed by atoms with Crippen LogP contribution in [-0.2, 0) is 6.42 Å². The number of rotatable bonds is 2. The number of phenols is 1. The van der Waals surface area contributed by atoms with Crippen molar-refractivity contribution in [3.8, 4) is 5.75 Å². The summed E-state index contributed by atoms with van der Waals surface area (Å²) in [6, 6.07) is 16.8. The summed E-state index contributed by atoms with van der Waals surface area (Å²) in [6.07, 6.45) is 5.32. The zero-order valence-electron chi connectivity index (χ0n) is 14.6. The van der Waals surface area contributed by atoms with Gasteiger partial charge in [0.2, 0.25) is 0 Å². The van der Waals surface area contributed by atoms with Gasteiger partial charge in [0.05, 0.1) is 6.10 Å². The molecule has 1 atom stereocenters. The number of β-amino-alcohol motifs (C(OH)–C–C–N with tert-alkyl or cyclic N) is 1. The lowest BCUT2D eigenvalue weighted by Crippen LogP contribution is -2.40. The first-order valence-electron chi connectivity index (χ1n) is 9.49. The molecule has 0 spiro atoms. The molecule has 2 aromatic rings. The van der Waals surface area contributed by atoms with E-state index >= 15 is 0 Å². The van der Waals surface area contributed by atoms with Crippen molar-refractivity contribution < 1.29 is 10.2 Å². The summed E-state index contributed by atoms with van der Waals surface area (Å²) in [7, 11) is 0. The number of hydrogen-bond donors (Lipinski definition) is 2. The SMILES string of the molecule is Oc1ccc2c(c1)CCN([C@H]1CC[C@@H](c3ccccc3)CC1)CC2O. The molecule has 3 heteroatoms. The van der Waals surface area contributed by atoms with Crippen LogP contribution >= 0.6 is 0 Å². The number of aliphatic hydroxyl groups excluding tert-OH is 1. The predicted octanol–water partition coefficient (Wildman–Crippen LogP) is 4.01. The van der Waals surface area contributed by atoms with Gasteiger partial charge < -0.3 is 10.2 Å². The molecule has 1 unspecified atom stereocenters. The smallest absolute Gasteiger partial charge is 0.115 e. The molecule has 2 N–H and O–H groups in total. The first kappa shape index (κ1) is 16.6. The molecule has 0 amide bonds. The molecule has 4 rings (SSSR count). The first-order valence-corrected chi connectivity index (χ1v) is 9.49. The minimum Gasteiger partial charge on any atom is -0.508 e. The molecule has 1 fully saturated rings. The Morgan fingerprint density at radius 2 is 1.68 bits per heavy atom. The zero-order valence-corrected chi connectivity index (χ0v) is 14.6. The van der Waals surface area contributed by atoms with Crippen LogP contribution in [0, 0.1) is 0 Å². The van der Waals surface area contributed by atoms with E-state index in [1.165, 1.54) is 31.2 Å². The average Bonchev–Trinajstić information content (AvgIpc) is 2.81. The minimum atomic E-state index is -0.454. The van der Waals surface area contributed by atoms with Gasteiger partial charge in [0.25, 0.3) is 0 Å². The van der Waals surface area contributed by atoms with Crippen molar-refractivity contribution in [3.05, 3.63) is 65.2 Å². The Hall–Kier alpha value is -1.84. The van der Waals surface area contributed by atoms with Crippen molar-refractivity contribution in [2.75, 3.05) is 13.1 Å². The molecule has 1 saturated carbocycles. The summed E-state index contributed by atoms with van der Waals surface area (Å²) in [5.74, 6) is 0.978. The Bertz CT molecular complexity index is 707. The van der Waals surface area contributed by atoms with E-state index in [4.69, 9.17) is 0 Å². The fourth-order valence-corrected chi connectivity index (χ4v) is 4.64. The molecule has 0 saturated heterocycles. The van der Waals surface area contributed by atoms with E-state index in [1.54, 1.807) is 6.07 Å². The highest BCUT2D eigenvalue weighted by Crippen LogP contribution is 2.36. The summed E-state index contributed by atoms with van der Waals surface area (Å²) in [6.45, 7) is 1.67. The van der Waals surface area contributed by atoms with Gasteiger partial charge in [-0.25, -0.2) is 0 Å². The van der Waals surface area contributed by atoms with Gasteiger partial charge in [-0.15, -0.1) is 0 Å². The normalized spacial score (nSPS) is 27.5. The topological polar surface area (TPSA) is 43.7 Å². The maximum absolute atomic E-state index is 10.6. The van der Waals surface area contributed by atoms with Gasteiger partial charge in [-0.1, -0.05) is 36.4 Å². The molecular weight excluding hydrogens is 310 g/mol. The third-order valence-corrected chi connectivity index (χ3v) is 6.05. The van der Waals surface area contributed by atoms with Crippen LogP contribution in [0.2, 0.25) is 0 Å². The summed E-state index contributed by atoms with van der Waals surface area (Å²) in [4.78, 5) is 2.48.